The largest absolute Gasteiger partial charge is 0.310 e. The molecule has 2 heterocycles. The van der Waals surface area contributed by atoms with E-state index < -0.39 is 0 Å². The Bertz CT molecular complexity index is 448. The minimum absolute atomic E-state index is 0.715. The van der Waals surface area contributed by atoms with Crippen molar-refractivity contribution < 1.29 is 0 Å². The van der Waals surface area contributed by atoms with Crippen LogP contribution >= 0.6 is 11.3 Å². The Balaban J connectivity index is 2.09. The third-order valence-corrected chi connectivity index (χ3v) is 3.33. The van der Waals surface area contributed by atoms with Gasteiger partial charge in [0.05, 0.1) is 13.1 Å². The summed E-state index contributed by atoms with van der Waals surface area (Å²) in [6, 6.07) is 0. The van der Waals surface area contributed by atoms with Gasteiger partial charge in [-0.1, -0.05) is 6.92 Å². The average molecular weight is 237 g/mol. The van der Waals surface area contributed by atoms with E-state index in [-0.39, 0.29) is 0 Å². The van der Waals surface area contributed by atoms with Gasteiger partial charge in [0, 0.05) is 0 Å². The summed E-state index contributed by atoms with van der Waals surface area (Å²) in [5.41, 5.74) is 2.59. The summed E-state index contributed by atoms with van der Waals surface area (Å²) in [5.74, 6) is 0.882. The van der Waals surface area contributed by atoms with Crippen molar-refractivity contribution in [1.82, 2.24) is 25.5 Å². The molecule has 0 aliphatic rings. The normalized spacial score (nSPS) is 10.9. The molecule has 0 aliphatic carbocycles. The van der Waals surface area contributed by atoms with Crippen molar-refractivity contribution in [2.45, 2.75) is 26.9 Å². The van der Waals surface area contributed by atoms with Gasteiger partial charge in [0.1, 0.15) is 0 Å². The predicted molar refractivity (Wildman–Crippen MR) is 63.4 cm³/mol. The molecule has 0 fully saturated rings. The molecule has 0 aliphatic heterocycles. The van der Waals surface area contributed by atoms with E-state index in [2.05, 4.69) is 45.4 Å². The van der Waals surface area contributed by atoms with Crippen LogP contribution in [0, 0.1) is 6.92 Å². The van der Waals surface area contributed by atoms with Gasteiger partial charge in [-0.05, 0) is 45.8 Å². The van der Waals surface area contributed by atoms with Crippen molar-refractivity contribution >= 4 is 11.3 Å². The van der Waals surface area contributed by atoms with Crippen molar-refractivity contribution in [3.63, 3.8) is 0 Å². The molecule has 2 aromatic heterocycles. The number of nitrogens with one attached hydrogen (secondary N) is 1. The van der Waals surface area contributed by atoms with Crippen molar-refractivity contribution in [2.75, 3.05) is 6.54 Å². The predicted octanol–water partition coefficient (Wildman–Crippen LogP) is 1.20. The van der Waals surface area contributed by atoms with E-state index in [4.69, 9.17) is 0 Å². The molecule has 0 bridgehead atoms. The van der Waals surface area contributed by atoms with E-state index in [0.717, 1.165) is 18.9 Å². The van der Waals surface area contributed by atoms with Crippen LogP contribution < -0.4 is 5.32 Å². The van der Waals surface area contributed by atoms with Gasteiger partial charge in [-0.15, -0.1) is 5.10 Å². The minimum atomic E-state index is 0.715. The first kappa shape index (κ1) is 11.2. The summed E-state index contributed by atoms with van der Waals surface area (Å²) >= 11 is 1.71. The fourth-order valence-corrected chi connectivity index (χ4v) is 2.27. The van der Waals surface area contributed by atoms with Gasteiger partial charge in [-0.3, -0.25) is 0 Å². The zero-order valence-corrected chi connectivity index (χ0v) is 10.3. The molecule has 0 spiro atoms. The molecule has 2 rings (SSSR count). The van der Waals surface area contributed by atoms with Gasteiger partial charge in [0.25, 0.3) is 0 Å². The van der Waals surface area contributed by atoms with Crippen LogP contribution in [0.5, 0.6) is 0 Å². The van der Waals surface area contributed by atoms with Crippen LogP contribution in [0.15, 0.2) is 10.8 Å². The maximum absolute atomic E-state index is 4.01. The fourth-order valence-electron chi connectivity index (χ4n) is 1.42. The molecule has 0 atom stereocenters. The van der Waals surface area contributed by atoms with Crippen LogP contribution in [-0.4, -0.2) is 26.8 Å². The zero-order valence-electron chi connectivity index (χ0n) is 9.47. The first-order valence-electron chi connectivity index (χ1n) is 5.28. The molecule has 0 unspecified atom stereocenters. The van der Waals surface area contributed by atoms with E-state index in [9.17, 15) is 0 Å². The molecule has 86 valence electrons. The van der Waals surface area contributed by atoms with Gasteiger partial charge in [-0.25, -0.2) is 4.68 Å². The Kier molecular flexibility index (Phi) is 3.63. The highest BCUT2D eigenvalue weighted by Crippen LogP contribution is 2.14. The molecule has 0 amide bonds. The third kappa shape index (κ3) is 2.45. The second-order valence-corrected chi connectivity index (χ2v) is 4.36. The monoisotopic (exact) mass is 237 g/mol. The maximum Gasteiger partial charge on any atom is 0.165 e. The number of hydrogen-bond donors (Lipinski definition) is 1. The average Bonchev–Trinajstić information content (AvgIpc) is 2.87. The lowest BCUT2D eigenvalue weighted by molar-refractivity contribution is 0.587. The van der Waals surface area contributed by atoms with E-state index >= 15 is 0 Å². The summed E-state index contributed by atoms with van der Waals surface area (Å²) in [6.45, 7) is 6.57. The molecule has 0 saturated carbocycles. The molecule has 0 radical (unpaired) electrons. The Morgan fingerprint density at radius 1 is 1.44 bits per heavy atom. The van der Waals surface area contributed by atoms with Gasteiger partial charge in [0.15, 0.2) is 5.82 Å². The number of rotatable bonds is 5. The fraction of sp³-hybridized carbons (Fsp3) is 0.500. The van der Waals surface area contributed by atoms with Crippen molar-refractivity contribution in [3.05, 3.63) is 27.7 Å². The highest BCUT2D eigenvalue weighted by molar-refractivity contribution is 7.08. The maximum atomic E-state index is 4.01. The molecular formula is C10H15N5S. The highest BCUT2D eigenvalue weighted by atomic mass is 32.1. The van der Waals surface area contributed by atoms with Gasteiger partial charge < -0.3 is 5.32 Å². The number of tetrazole rings is 1. The summed E-state index contributed by atoms with van der Waals surface area (Å²) in [4.78, 5) is 0. The Hall–Kier alpha value is -1.27. The summed E-state index contributed by atoms with van der Waals surface area (Å²) in [7, 11) is 0. The van der Waals surface area contributed by atoms with Crippen LogP contribution in [0.1, 0.15) is 23.9 Å². The molecular weight excluding hydrogens is 222 g/mol. The standard InChI is InChI=1S/C10H15N5S/c1-3-11-4-10-12-13-14-15(10)5-9-7-16-6-8(9)2/h6-7,11H,3-5H2,1-2H3. The first-order chi connectivity index (χ1) is 7.81. The Morgan fingerprint density at radius 3 is 3.00 bits per heavy atom. The van der Waals surface area contributed by atoms with E-state index in [1.54, 1.807) is 11.3 Å². The number of thiophene rings is 1. The van der Waals surface area contributed by atoms with Crippen molar-refractivity contribution in [1.29, 1.82) is 0 Å². The molecule has 0 saturated heterocycles. The molecule has 6 heteroatoms. The topological polar surface area (TPSA) is 55.6 Å². The Morgan fingerprint density at radius 2 is 2.31 bits per heavy atom. The molecule has 1 N–H and O–H groups in total. The lowest BCUT2D eigenvalue weighted by atomic mass is 10.2. The Labute approximate surface area is 98.5 Å². The highest BCUT2D eigenvalue weighted by Gasteiger charge is 2.07. The van der Waals surface area contributed by atoms with Crippen LogP contribution in [0.2, 0.25) is 0 Å². The van der Waals surface area contributed by atoms with Gasteiger partial charge >= 0.3 is 0 Å². The molecule has 0 aromatic carbocycles. The smallest absolute Gasteiger partial charge is 0.165 e. The van der Waals surface area contributed by atoms with Crippen LogP contribution in [0.25, 0.3) is 0 Å². The van der Waals surface area contributed by atoms with Gasteiger partial charge in [-0.2, -0.15) is 11.3 Å². The lowest BCUT2D eigenvalue weighted by Crippen LogP contribution is -2.17. The summed E-state index contributed by atoms with van der Waals surface area (Å²) in [6.07, 6.45) is 0. The van der Waals surface area contributed by atoms with E-state index in [0.29, 0.717) is 6.54 Å². The van der Waals surface area contributed by atoms with Crippen molar-refractivity contribution in [3.8, 4) is 0 Å². The molecule has 5 nitrogen and oxygen atoms in total. The van der Waals surface area contributed by atoms with Crippen LogP contribution in [0.4, 0.5) is 0 Å². The van der Waals surface area contributed by atoms with E-state index in [1.807, 2.05) is 4.68 Å². The lowest BCUT2D eigenvalue weighted by Gasteiger charge is -2.04. The number of aryl methyl sites for hydroxylation is 1. The van der Waals surface area contributed by atoms with Crippen molar-refractivity contribution in [2.24, 2.45) is 0 Å². The van der Waals surface area contributed by atoms with Crippen LogP contribution in [0.3, 0.4) is 0 Å². The van der Waals surface area contributed by atoms with Crippen LogP contribution in [-0.2, 0) is 13.1 Å². The summed E-state index contributed by atoms with van der Waals surface area (Å²) < 4.78 is 1.84. The quantitative estimate of drug-likeness (QED) is 0.849. The summed E-state index contributed by atoms with van der Waals surface area (Å²) in [5, 5.41) is 19.2. The second kappa shape index (κ2) is 5.18. The van der Waals surface area contributed by atoms with Gasteiger partial charge in [0.2, 0.25) is 0 Å². The number of nitrogens with zero attached hydrogens (tertiary/aromatic N) is 4. The molecule has 16 heavy (non-hydrogen) atoms. The minimum Gasteiger partial charge on any atom is -0.310 e. The number of hydrogen-bond acceptors (Lipinski definition) is 5. The van der Waals surface area contributed by atoms with E-state index in [1.165, 1.54) is 11.1 Å². The first-order valence-corrected chi connectivity index (χ1v) is 6.23. The zero-order chi connectivity index (χ0) is 11.4. The SMILES string of the molecule is CCNCc1nnnn1Cc1cscc1C. The number of aromatic nitrogens is 4. The second-order valence-electron chi connectivity index (χ2n) is 3.61. The third-order valence-electron chi connectivity index (χ3n) is 2.42. The molecule has 2 aromatic rings.